The molecule has 0 unspecified atom stereocenters. The normalized spacial score (nSPS) is 10.7. The van der Waals surface area contributed by atoms with E-state index in [1.807, 2.05) is 18.2 Å². The summed E-state index contributed by atoms with van der Waals surface area (Å²) in [6, 6.07) is 7.41. The van der Waals surface area contributed by atoms with Crippen molar-refractivity contribution in [1.29, 1.82) is 0 Å². The first-order chi connectivity index (χ1) is 9.59. The van der Waals surface area contributed by atoms with Crippen LogP contribution in [-0.2, 0) is 17.9 Å². The Balaban J connectivity index is 1.89. The Kier molecular flexibility index (Phi) is 4.70. The van der Waals surface area contributed by atoms with Crippen LogP contribution >= 0.6 is 11.6 Å². The van der Waals surface area contributed by atoms with E-state index < -0.39 is 4.92 Å². The van der Waals surface area contributed by atoms with E-state index in [1.165, 1.54) is 10.8 Å². The van der Waals surface area contributed by atoms with Gasteiger partial charge in [-0.25, -0.2) is 9.55 Å². The lowest BCUT2D eigenvalue weighted by molar-refractivity contribution is -0.392. The Bertz CT molecular complexity index is 613. The van der Waals surface area contributed by atoms with Crippen LogP contribution in [0, 0.1) is 17.0 Å². The molecule has 106 valence electrons. The van der Waals surface area contributed by atoms with Gasteiger partial charge in [0.2, 0.25) is 0 Å². The lowest BCUT2D eigenvalue weighted by Gasteiger charge is -2.06. The molecule has 2 aromatic rings. The second-order valence-corrected chi connectivity index (χ2v) is 4.62. The lowest BCUT2D eigenvalue weighted by Crippen LogP contribution is -2.10. The SMILES string of the molecule is Cc1ncc([N+](=O)[O-])n1CCOCc1ccccc1Cl. The van der Waals surface area contributed by atoms with Crippen molar-refractivity contribution in [3.05, 3.63) is 57.0 Å². The van der Waals surface area contributed by atoms with E-state index in [4.69, 9.17) is 16.3 Å². The fraction of sp³-hybridized carbons (Fsp3) is 0.308. The maximum Gasteiger partial charge on any atom is 0.342 e. The van der Waals surface area contributed by atoms with Gasteiger partial charge in [-0.2, -0.15) is 0 Å². The Morgan fingerprint density at radius 1 is 1.45 bits per heavy atom. The molecule has 20 heavy (non-hydrogen) atoms. The number of nitrogens with zero attached hydrogens (tertiary/aromatic N) is 3. The molecule has 0 amide bonds. The third kappa shape index (κ3) is 3.34. The predicted octanol–water partition coefficient (Wildman–Crippen LogP) is 2.97. The molecule has 0 aliphatic heterocycles. The third-order valence-electron chi connectivity index (χ3n) is 2.90. The summed E-state index contributed by atoms with van der Waals surface area (Å²) >= 11 is 6.01. The molecule has 0 N–H and O–H groups in total. The molecule has 0 saturated heterocycles. The summed E-state index contributed by atoms with van der Waals surface area (Å²) in [4.78, 5) is 14.3. The second kappa shape index (κ2) is 6.49. The van der Waals surface area contributed by atoms with Gasteiger partial charge in [0.15, 0.2) is 5.82 Å². The van der Waals surface area contributed by atoms with Crippen molar-refractivity contribution >= 4 is 17.4 Å². The van der Waals surface area contributed by atoms with E-state index in [2.05, 4.69) is 4.98 Å². The zero-order valence-electron chi connectivity index (χ0n) is 11.0. The number of halogens is 1. The van der Waals surface area contributed by atoms with Crippen molar-refractivity contribution in [3.63, 3.8) is 0 Å². The Hall–Kier alpha value is -1.92. The zero-order valence-corrected chi connectivity index (χ0v) is 11.7. The van der Waals surface area contributed by atoms with Gasteiger partial charge in [-0.3, -0.25) is 0 Å². The molecule has 1 heterocycles. The highest BCUT2D eigenvalue weighted by atomic mass is 35.5. The topological polar surface area (TPSA) is 70.2 Å². The van der Waals surface area contributed by atoms with Crippen molar-refractivity contribution in [1.82, 2.24) is 9.55 Å². The van der Waals surface area contributed by atoms with Gasteiger partial charge in [0.25, 0.3) is 0 Å². The minimum Gasteiger partial charge on any atom is -0.373 e. The highest BCUT2D eigenvalue weighted by molar-refractivity contribution is 6.31. The van der Waals surface area contributed by atoms with Crippen molar-refractivity contribution in [2.24, 2.45) is 0 Å². The minimum absolute atomic E-state index is 0.0242. The van der Waals surface area contributed by atoms with Gasteiger partial charge in [-0.15, -0.1) is 0 Å². The summed E-state index contributed by atoms with van der Waals surface area (Å²) in [6.07, 6.45) is 1.25. The Morgan fingerprint density at radius 3 is 2.90 bits per heavy atom. The highest BCUT2D eigenvalue weighted by Gasteiger charge is 2.16. The van der Waals surface area contributed by atoms with Crippen LogP contribution in [0.3, 0.4) is 0 Å². The molecule has 6 nitrogen and oxygen atoms in total. The quantitative estimate of drug-likeness (QED) is 0.467. The van der Waals surface area contributed by atoms with Crippen LogP contribution in [-0.4, -0.2) is 21.1 Å². The smallest absolute Gasteiger partial charge is 0.342 e. The molecule has 0 bridgehead atoms. The molecule has 0 spiro atoms. The van der Waals surface area contributed by atoms with Crippen LogP contribution in [0.5, 0.6) is 0 Å². The highest BCUT2D eigenvalue weighted by Crippen LogP contribution is 2.16. The Labute approximate surface area is 121 Å². The molecule has 0 atom stereocenters. The minimum atomic E-state index is -0.450. The first kappa shape index (κ1) is 14.5. The number of rotatable bonds is 6. The number of hydrogen-bond donors (Lipinski definition) is 0. The van der Waals surface area contributed by atoms with Gasteiger partial charge in [0.05, 0.1) is 13.2 Å². The number of imidazole rings is 1. The Morgan fingerprint density at radius 2 is 2.20 bits per heavy atom. The van der Waals surface area contributed by atoms with Gasteiger partial charge in [0, 0.05) is 11.9 Å². The number of benzene rings is 1. The summed E-state index contributed by atoms with van der Waals surface area (Å²) in [7, 11) is 0. The van der Waals surface area contributed by atoms with Crippen LogP contribution in [0.2, 0.25) is 5.02 Å². The lowest BCUT2D eigenvalue weighted by atomic mass is 10.2. The van der Waals surface area contributed by atoms with Crippen molar-refractivity contribution < 1.29 is 9.66 Å². The van der Waals surface area contributed by atoms with Crippen LogP contribution in [0.25, 0.3) is 0 Å². The summed E-state index contributed by atoms with van der Waals surface area (Å²) < 4.78 is 7.03. The van der Waals surface area contributed by atoms with E-state index in [0.29, 0.717) is 30.6 Å². The summed E-state index contributed by atoms with van der Waals surface area (Å²) in [5.74, 6) is 0.571. The molecule has 7 heteroatoms. The molecule has 0 aliphatic rings. The average Bonchev–Trinajstić information content (AvgIpc) is 2.78. The largest absolute Gasteiger partial charge is 0.373 e. The van der Waals surface area contributed by atoms with Crippen LogP contribution in [0.4, 0.5) is 5.82 Å². The molecule has 1 aromatic carbocycles. The predicted molar refractivity (Wildman–Crippen MR) is 74.7 cm³/mol. The first-order valence-corrected chi connectivity index (χ1v) is 6.45. The van der Waals surface area contributed by atoms with Crippen molar-refractivity contribution in [2.45, 2.75) is 20.1 Å². The number of hydrogen-bond acceptors (Lipinski definition) is 4. The van der Waals surface area contributed by atoms with Gasteiger partial charge in [-0.05, 0) is 16.6 Å². The summed E-state index contributed by atoms with van der Waals surface area (Å²) in [6.45, 7) is 2.83. The molecule has 0 aliphatic carbocycles. The molecular formula is C13H14ClN3O3. The van der Waals surface area contributed by atoms with Gasteiger partial charge < -0.3 is 14.9 Å². The zero-order chi connectivity index (χ0) is 14.5. The fourth-order valence-electron chi connectivity index (χ4n) is 1.83. The summed E-state index contributed by atoms with van der Waals surface area (Å²) in [5, 5.41) is 11.5. The van der Waals surface area contributed by atoms with Gasteiger partial charge >= 0.3 is 5.82 Å². The van der Waals surface area contributed by atoms with Gasteiger partial charge in [0.1, 0.15) is 12.7 Å². The van der Waals surface area contributed by atoms with Crippen LogP contribution in [0.15, 0.2) is 30.5 Å². The van der Waals surface area contributed by atoms with E-state index >= 15 is 0 Å². The number of ether oxygens (including phenoxy) is 1. The molecule has 0 fully saturated rings. The van der Waals surface area contributed by atoms with Crippen LogP contribution < -0.4 is 0 Å². The molecule has 2 rings (SSSR count). The monoisotopic (exact) mass is 295 g/mol. The summed E-state index contributed by atoms with van der Waals surface area (Å²) in [5.41, 5.74) is 0.894. The maximum atomic E-state index is 10.8. The number of nitro groups is 1. The second-order valence-electron chi connectivity index (χ2n) is 4.22. The van der Waals surface area contributed by atoms with E-state index in [-0.39, 0.29) is 5.82 Å². The molecule has 1 aromatic heterocycles. The van der Waals surface area contributed by atoms with Crippen molar-refractivity contribution in [3.8, 4) is 0 Å². The first-order valence-electron chi connectivity index (χ1n) is 6.07. The van der Waals surface area contributed by atoms with Crippen molar-refractivity contribution in [2.75, 3.05) is 6.61 Å². The fourth-order valence-corrected chi connectivity index (χ4v) is 2.02. The average molecular weight is 296 g/mol. The van der Waals surface area contributed by atoms with Gasteiger partial charge in [-0.1, -0.05) is 29.8 Å². The van der Waals surface area contributed by atoms with E-state index in [1.54, 1.807) is 13.0 Å². The number of aromatic nitrogens is 2. The molecule has 0 radical (unpaired) electrons. The van der Waals surface area contributed by atoms with E-state index in [0.717, 1.165) is 5.56 Å². The number of aryl methyl sites for hydroxylation is 1. The molecule has 0 saturated carbocycles. The maximum absolute atomic E-state index is 10.8. The molecular weight excluding hydrogens is 282 g/mol. The van der Waals surface area contributed by atoms with E-state index in [9.17, 15) is 10.1 Å². The standard InChI is InChI=1S/C13H14ClN3O3/c1-10-15-8-13(17(18)19)16(10)6-7-20-9-11-4-2-3-5-12(11)14/h2-5,8H,6-7,9H2,1H3. The van der Waals surface area contributed by atoms with Crippen LogP contribution in [0.1, 0.15) is 11.4 Å². The third-order valence-corrected chi connectivity index (χ3v) is 3.26.